The molecule has 0 saturated heterocycles. The number of anilines is 3. The highest BCUT2D eigenvalue weighted by atomic mass is 16.3. The third-order valence-electron chi connectivity index (χ3n) is 10.4. The predicted octanol–water partition coefficient (Wildman–Crippen LogP) is 13.7. The van der Waals surface area contributed by atoms with Gasteiger partial charge in [-0.1, -0.05) is 97.1 Å². The fourth-order valence-electron chi connectivity index (χ4n) is 8.04. The molecule has 0 aliphatic rings. The fraction of sp³-hybridized carbons (Fsp3) is 0. The summed E-state index contributed by atoms with van der Waals surface area (Å²) >= 11 is 0. The monoisotopic (exact) mass is 666 g/mol. The summed E-state index contributed by atoms with van der Waals surface area (Å²) in [6.45, 7) is 0. The van der Waals surface area contributed by atoms with E-state index in [0.717, 1.165) is 72.1 Å². The highest BCUT2D eigenvalue weighted by molar-refractivity contribution is 6.27. The van der Waals surface area contributed by atoms with Gasteiger partial charge in [-0.05, 0) is 90.0 Å². The van der Waals surface area contributed by atoms with Crippen LogP contribution >= 0.6 is 0 Å². The molecule has 0 amide bonds. The predicted molar refractivity (Wildman–Crippen MR) is 215 cm³/mol. The molecule has 0 atom stereocenters. The molecule has 8 aromatic carbocycles. The van der Waals surface area contributed by atoms with Gasteiger partial charge in [0.05, 0.1) is 11.0 Å². The molecule has 0 spiro atoms. The minimum atomic E-state index is 0.845. The first-order chi connectivity index (χ1) is 25.8. The molecule has 0 aliphatic heterocycles. The Morgan fingerprint density at radius 3 is 1.81 bits per heavy atom. The molecule has 11 rings (SSSR count). The Bertz CT molecular complexity index is 3110. The van der Waals surface area contributed by atoms with Crippen molar-refractivity contribution in [2.45, 2.75) is 0 Å². The van der Waals surface area contributed by atoms with Gasteiger partial charge < -0.3 is 18.3 Å². The molecular formula is C48H30N2O2. The molecule has 244 valence electrons. The Labute approximate surface area is 299 Å². The summed E-state index contributed by atoms with van der Waals surface area (Å²) in [4.78, 5) is 2.31. The van der Waals surface area contributed by atoms with E-state index in [0.29, 0.717) is 0 Å². The van der Waals surface area contributed by atoms with Gasteiger partial charge in [0.25, 0.3) is 0 Å². The number of aromatic nitrogens is 1. The van der Waals surface area contributed by atoms with Gasteiger partial charge in [0, 0.05) is 61.1 Å². The second-order valence-corrected chi connectivity index (χ2v) is 13.3. The summed E-state index contributed by atoms with van der Waals surface area (Å²) in [5, 5.41) is 6.82. The van der Waals surface area contributed by atoms with E-state index < -0.39 is 0 Å². The third-order valence-corrected chi connectivity index (χ3v) is 10.4. The topological polar surface area (TPSA) is 34.5 Å². The van der Waals surface area contributed by atoms with Crippen LogP contribution in [0.2, 0.25) is 0 Å². The van der Waals surface area contributed by atoms with Crippen LogP contribution in [0.5, 0.6) is 0 Å². The van der Waals surface area contributed by atoms with Gasteiger partial charge in [-0.15, -0.1) is 0 Å². The number of para-hydroxylation sites is 3. The zero-order chi connectivity index (χ0) is 34.2. The lowest BCUT2D eigenvalue weighted by Crippen LogP contribution is -2.09. The summed E-state index contributed by atoms with van der Waals surface area (Å²) in [7, 11) is 0. The first kappa shape index (κ1) is 28.8. The molecule has 0 saturated carbocycles. The van der Waals surface area contributed by atoms with Gasteiger partial charge >= 0.3 is 0 Å². The number of furan rings is 2. The summed E-state index contributed by atoms with van der Waals surface area (Å²) in [6.07, 6.45) is 0. The van der Waals surface area contributed by atoms with Crippen molar-refractivity contribution in [1.29, 1.82) is 0 Å². The minimum Gasteiger partial charge on any atom is -0.456 e. The van der Waals surface area contributed by atoms with Crippen molar-refractivity contribution in [1.82, 2.24) is 4.57 Å². The molecule has 0 N–H and O–H groups in total. The van der Waals surface area contributed by atoms with E-state index >= 15 is 0 Å². The van der Waals surface area contributed by atoms with Crippen LogP contribution in [0.1, 0.15) is 0 Å². The summed E-state index contributed by atoms with van der Waals surface area (Å²) < 4.78 is 15.3. The highest BCUT2D eigenvalue weighted by Crippen LogP contribution is 2.44. The summed E-state index contributed by atoms with van der Waals surface area (Å²) in [6, 6.07) is 64.2. The third kappa shape index (κ3) is 4.34. The Morgan fingerprint density at radius 1 is 0.346 bits per heavy atom. The van der Waals surface area contributed by atoms with Crippen molar-refractivity contribution in [3.63, 3.8) is 0 Å². The van der Waals surface area contributed by atoms with Crippen LogP contribution < -0.4 is 4.90 Å². The van der Waals surface area contributed by atoms with E-state index in [1.165, 1.54) is 27.4 Å². The molecule has 0 aliphatic carbocycles. The Balaban J connectivity index is 1.12. The second kappa shape index (κ2) is 11.2. The Morgan fingerprint density at radius 2 is 0.962 bits per heavy atom. The number of fused-ring (bicyclic) bond motifs is 10. The van der Waals surface area contributed by atoms with Gasteiger partial charge in [-0.25, -0.2) is 0 Å². The highest BCUT2D eigenvalue weighted by Gasteiger charge is 2.21. The average molecular weight is 667 g/mol. The minimum absolute atomic E-state index is 0.845. The molecule has 3 heterocycles. The average Bonchev–Trinajstić information content (AvgIpc) is 3.88. The van der Waals surface area contributed by atoms with Crippen LogP contribution in [0.25, 0.3) is 82.5 Å². The van der Waals surface area contributed by atoms with Crippen LogP contribution in [-0.2, 0) is 0 Å². The molecule has 4 nitrogen and oxygen atoms in total. The lowest BCUT2D eigenvalue weighted by molar-refractivity contribution is 0.668. The smallest absolute Gasteiger partial charge is 0.137 e. The zero-order valence-corrected chi connectivity index (χ0v) is 28.0. The van der Waals surface area contributed by atoms with Crippen LogP contribution in [0.15, 0.2) is 191 Å². The van der Waals surface area contributed by atoms with Gasteiger partial charge in [-0.2, -0.15) is 0 Å². The van der Waals surface area contributed by atoms with Crippen LogP contribution in [0.4, 0.5) is 17.1 Å². The molecule has 4 heteroatoms. The van der Waals surface area contributed by atoms with Crippen LogP contribution in [-0.4, -0.2) is 4.57 Å². The number of hydrogen-bond acceptors (Lipinski definition) is 3. The van der Waals surface area contributed by atoms with Crippen molar-refractivity contribution >= 4 is 82.7 Å². The Hall–Kier alpha value is -7.04. The molecule has 0 radical (unpaired) electrons. The number of nitrogens with zero attached hydrogens (tertiary/aromatic N) is 2. The molecule has 0 bridgehead atoms. The lowest BCUT2D eigenvalue weighted by Gasteiger charge is -2.25. The van der Waals surface area contributed by atoms with Gasteiger partial charge in [-0.3, -0.25) is 0 Å². The van der Waals surface area contributed by atoms with Crippen molar-refractivity contribution in [2.24, 2.45) is 0 Å². The van der Waals surface area contributed by atoms with Gasteiger partial charge in [0.15, 0.2) is 0 Å². The number of rotatable bonds is 5. The van der Waals surface area contributed by atoms with Gasteiger partial charge in [0.2, 0.25) is 0 Å². The number of hydrogen-bond donors (Lipinski definition) is 0. The molecule has 11 aromatic rings. The van der Waals surface area contributed by atoms with Crippen LogP contribution in [0.3, 0.4) is 0 Å². The fourth-order valence-corrected chi connectivity index (χ4v) is 8.04. The molecule has 3 aromatic heterocycles. The standard InChI is InChI=1S/C48H30N2O2/c1-3-11-31(12-4-1)32-19-21-34(22-20-32)49(35-24-27-44-40(29-35)37-15-8-10-18-43(37)51-44)36-23-25-39-46(30-36)52-45-28-26-42-47(48(39)45)38-16-7-9-17-41(38)50(42)33-13-5-2-6-14-33/h1-30H. The SMILES string of the molecule is c1ccc(-c2ccc(N(c3ccc4c(c3)oc3ccc5c(c6ccccc6n5-c5ccccc5)c34)c3ccc4oc5ccccc5c4c3)cc2)cc1. The van der Waals surface area contributed by atoms with Crippen LogP contribution in [0, 0.1) is 0 Å². The first-order valence-electron chi connectivity index (χ1n) is 17.6. The lowest BCUT2D eigenvalue weighted by atomic mass is 10.0. The quantitative estimate of drug-likeness (QED) is 0.183. The van der Waals surface area contributed by atoms with E-state index in [1.54, 1.807) is 0 Å². The van der Waals surface area contributed by atoms with Crippen molar-refractivity contribution < 1.29 is 8.83 Å². The second-order valence-electron chi connectivity index (χ2n) is 13.3. The first-order valence-corrected chi connectivity index (χ1v) is 17.6. The normalized spacial score (nSPS) is 11.8. The van der Waals surface area contributed by atoms with Crippen molar-refractivity contribution in [3.05, 3.63) is 182 Å². The van der Waals surface area contributed by atoms with E-state index in [2.05, 4.69) is 179 Å². The molecule has 0 fully saturated rings. The molecule has 0 unspecified atom stereocenters. The van der Waals surface area contributed by atoms with E-state index in [4.69, 9.17) is 8.83 Å². The Kier molecular flexibility index (Phi) is 6.22. The summed E-state index contributed by atoms with van der Waals surface area (Å²) in [5.41, 5.74) is 12.4. The van der Waals surface area contributed by atoms with Crippen molar-refractivity contribution in [2.75, 3.05) is 4.90 Å². The molecule has 52 heavy (non-hydrogen) atoms. The van der Waals surface area contributed by atoms with E-state index in [-0.39, 0.29) is 0 Å². The zero-order valence-electron chi connectivity index (χ0n) is 28.0. The van der Waals surface area contributed by atoms with E-state index in [1.807, 2.05) is 12.1 Å². The maximum Gasteiger partial charge on any atom is 0.137 e. The largest absolute Gasteiger partial charge is 0.456 e. The maximum absolute atomic E-state index is 6.73. The number of benzene rings is 8. The van der Waals surface area contributed by atoms with E-state index in [9.17, 15) is 0 Å². The van der Waals surface area contributed by atoms with Crippen molar-refractivity contribution in [3.8, 4) is 16.8 Å². The van der Waals surface area contributed by atoms with Gasteiger partial charge in [0.1, 0.15) is 22.3 Å². The maximum atomic E-state index is 6.73. The summed E-state index contributed by atoms with van der Waals surface area (Å²) in [5.74, 6) is 0. The molecular weight excluding hydrogens is 637 g/mol.